The molecule has 0 N–H and O–H groups in total. The lowest BCUT2D eigenvalue weighted by molar-refractivity contribution is 1.18. The zero-order valence-electron chi connectivity index (χ0n) is 34.6. The highest BCUT2D eigenvalue weighted by atomic mass is 15.0. The summed E-state index contributed by atoms with van der Waals surface area (Å²) in [5.74, 6) is 0. The number of hydrogen-bond acceptors (Lipinski definition) is 3. The first-order valence-corrected chi connectivity index (χ1v) is 21.7. The molecule has 64 heavy (non-hydrogen) atoms. The van der Waals surface area contributed by atoms with Crippen LogP contribution >= 0.6 is 0 Å². The van der Waals surface area contributed by atoms with Crippen molar-refractivity contribution in [3.63, 3.8) is 0 Å². The molecule has 298 valence electrons. The van der Waals surface area contributed by atoms with E-state index in [-0.39, 0.29) is 0 Å². The predicted octanol–water partition coefficient (Wildman–Crippen LogP) is 15.0. The van der Waals surface area contributed by atoms with Crippen LogP contribution in [-0.2, 0) is 0 Å². The van der Waals surface area contributed by atoms with Gasteiger partial charge in [0.1, 0.15) is 0 Å². The number of fused-ring (bicyclic) bond motifs is 8. The maximum atomic E-state index is 5.41. The Balaban J connectivity index is 0.990. The maximum absolute atomic E-state index is 5.41. The van der Waals surface area contributed by atoms with E-state index in [4.69, 9.17) is 9.97 Å². The van der Waals surface area contributed by atoms with Gasteiger partial charge in [0.25, 0.3) is 0 Å². The zero-order chi connectivity index (χ0) is 42.1. The molecule has 0 saturated carbocycles. The van der Waals surface area contributed by atoms with Crippen LogP contribution in [0.15, 0.2) is 225 Å². The minimum absolute atomic E-state index is 0.907. The van der Waals surface area contributed by atoms with Gasteiger partial charge in [0.05, 0.1) is 44.5 Å². The Morgan fingerprint density at radius 1 is 0.297 bits per heavy atom. The van der Waals surface area contributed by atoms with Crippen LogP contribution in [0.3, 0.4) is 0 Å². The molecule has 0 aliphatic rings. The molecule has 0 fully saturated rings. The Labute approximate surface area is 368 Å². The fourth-order valence-corrected chi connectivity index (χ4v) is 9.82. The van der Waals surface area contributed by atoms with E-state index in [2.05, 4.69) is 214 Å². The van der Waals surface area contributed by atoms with E-state index < -0.39 is 0 Å². The Hall–Kier alpha value is -8.67. The van der Waals surface area contributed by atoms with Crippen molar-refractivity contribution in [2.75, 3.05) is 0 Å². The molecule has 0 aliphatic carbocycles. The first kappa shape index (κ1) is 36.0. The first-order valence-electron chi connectivity index (χ1n) is 21.7. The summed E-state index contributed by atoms with van der Waals surface area (Å²) in [5.41, 5.74) is 17.2. The van der Waals surface area contributed by atoms with Gasteiger partial charge in [-0.15, -0.1) is 0 Å². The fraction of sp³-hybridized carbons (Fsp3) is 0. The van der Waals surface area contributed by atoms with Crippen molar-refractivity contribution in [2.24, 2.45) is 0 Å². The molecule has 0 radical (unpaired) electrons. The van der Waals surface area contributed by atoms with Crippen molar-refractivity contribution >= 4 is 65.4 Å². The van der Waals surface area contributed by atoms with Crippen LogP contribution in [0.5, 0.6) is 0 Å². The molecule has 5 heterocycles. The molecule has 13 aromatic rings. The average molecular weight is 816 g/mol. The highest BCUT2D eigenvalue weighted by Crippen LogP contribution is 2.40. The van der Waals surface area contributed by atoms with Gasteiger partial charge in [-0.25, -0.2) is 4.98 Å². The van der Waals surface area contributed by atoms with Crippen molar-refractivity contribution in [2.45, 2.75) is 0 Å². The van der Waals surface area contributed by atoms with Gasteiger partial charge in [0, 0.05) is 72.8 Å². The topological polar surface area (TPSA) is 48.5 Å². The van der Waals surface area contributed by atoms with Crippen molar-refractivity contribution in [1.82, 2.24) is 24.1 Å². The minimum Gasteiger partial charge on any atom is -0.309 e. The van der Waals surface area contributed by atoms with Crippen LogP contribution in [0.4, 0.5) is 0 Å². The van der Waals surface area contributed by atoms with E-state index >= 15 is 0 Å². The lowest BCUT2D eigenvalue weighted by atomic mass is 9.95. The number of pyridine rings is 3. The summed E-state index contributed by atoms with van der Waals surface area (Å²) in [6.07, 6.45) is 3.87. The number of benzene rings is 8. The van der Waals surface area contributed by atoms with E-state index in [0.29, 0.717) is 0 Å². The molecule has 0 bridgehead atoms. The quantitative estimate of drug-likeness (QED) is 0.168. The summed E-state index contributed by atoms with van der Waals surface area (Å²) in [5, 5.41) is 7.00. The molecule has 0 aliphatic heterocycles. The van der Waals surface area contributed by atoms with Gasteiger partial charge in [-0.1, -0.05) is 115 Å². The van der Waals surface area contributed by atoms with Gasteiger partial charge >= 0.3 is 0 Å². The minimum atomic E-state index is 0.907. The van der Waals surface area contributed by atoms with Crippen molar-refractivity contribution in [1.29, 1.82) is 0 Å². The second kappa shape index (κ2) is 14.5. The predicted molar refractivity (Wildman–Crippen MR) is 265 cm³/mol. The van der Waals surface area contributed by atoms with Crippen LogP contribution in [0.2, 0.25) is 0 Å². The van der Waals surface area contributed by atoms with Gasteiger partial charge in [0.15, 0.2) is 0 Å². The number of hydrogen-bond donors (Lipinski definition) is 0. The summed E-state index contributed by atoms with van der Waals surface area (Å²) in [6.45, 7) is 0. The molecule has 0 unspecified atom stereocenters. The Bertz CT molecular complexity index is 3940. The molecule has 8 aromatic carbocycles. The van der Waals surface area contributed by atoms with Gasteiger partial charge in [0.2, 0.25) is 0 Å². The van der Waals surface area contributed by atoms with E-state index in [0.717, 1.165) is 83.5 Å². The van der Waals surface area contributed by atoms with E-state index in [1.54, 1.807) is 0 Å². The molecule has 0 saturated heterocycles. The second-order valence-electron chi connectivity index (χ2n) is 16.4. The van der Waals surface area contributed by atoms with Gasteiger partial charge in [-0.3, -0.25) is 9.97 Å². The summed E-state index contributed by atoms with van der Waals surface area (Å²) < 4.78 is 4.71. The summed E-state index contributed by atoms with van der Waals surface area (Å²) in [4.78, 5) is 15.1. The maximum Gasteiger partial charge on any atom is 0.0716 e. The zero-order valence-corrected chi connectivity index (χ0v) is 34.6. The number of para-hydroxylation sites is 5. The SMILES string of the molecule is c1ccc(-n2c3ccccc3c3cc(-c4ccc5nc(-c6ccc7c(c6)c6ccccc6n7-c6ccccc6)cc(-c6ccc(-c7ccnc8ccccc78)nc6)c5c4)ccc32)cc1. The average Bonchev–Trinajstić information content (AvgIpc) is 3.88. The highest BCUT2D eigenvalue weighted by molar-refractivity contribution is 6.12. The number of aromatic nitrogens is 5. The van der Waals surface area contributed by atoms with Crippen molar-refractivity contribution in [3.8, 4) is 56.1 Å². The van der Waals surface area contributed by atoms with Gasteiger partial charge < -0.3 is 9.13 Å². The first-order chi connectivity index (χ1) is 31.7. The molecular weight excluding hydrogens is 779 g/mol. The number of rotatable bonds is 6. The fourth-order valence-electron chi connectivity index (χ4n) is 9.82. The lowest BCUT2D eigenvalue weighted by Gasteiger charge is -2.14. The van der Waals surface area contributed by atoms with Crippen molar-refractivity contribution in [3.05, 3.63) is 225 Å². The molecule has 0 spiro atoms. The molecular formula is C59H37N5. The summed E-state index contributed by atoms with van der Waals surface area (Å²) >= 11 is 0. The lowest BCUT2D eigenvalue weighted by Crippen LogP contribution is -1.94. The van der Waals surface area contributed by atoms with E-state index in [1.165, 1.54) is 38.1 Å². The van der Waals surface area contributed by atoms with Crippen LogP contribution in [-0.4, -0.2) is 24.1 Å². The Morgan fingerprint density at radius 3 is 1.48 bits per heavy atom. The normalized spacial score (nSPS) is 11.8. The van der Waals surface area contributed by atoms with Crippen LogP contribution in [0.25, 0.3) is 122 Å². The third kappa shape index (κ3) is 5.75. The smallest absolute Gasteiger partial charge is 0.0716 e. The summed E-state index contributed by atoms with van der Waals surface area (Å²) in [7, 11) is 0. The summed E-state index contributed by atoms with van der Waals surface area (Å²) in [6, 6.07) is 75.8. The van der Waals surface area contributed by atoms with Crippen molar-refractivity contribution < 1.29 is 0 Å². The van der Waals surface area contributed by atoms with Gasteiger partial charge in [-0.2, -0.15) is 0 Å². The van der Waals surface area contributed by atoms with Crippen LogP contribution in [0, 0.1) is 0 Å². The molecule has 5 aromatic heterocycles. The monoisotopic (exact) mass is 815 g/mol. The third-order valence-corrected chi connectivity index (χ3v) is 12.8. The Morgan fingerprint density at radius 2 is 0.828 bits per heavy atom. The third-order valence-electron chi connectivity index (χ3n) is 12.8. The van der Waals surface area contributed by atoms with E-state index in [1.807, 2.05) is 24.5 Å². The van der Waals surface area contributed by atoms with E-state index in [9.17, 15) is 0 Å². The van der Waals surface area contributed by atoms with Gasteiger partial charge in [-0.05, 0) is 114 Å². The standard InChI is InChI=1S/C59H37N5/c1-3-13-42(14-4-1)63-56-21-11-8-18-46(56)50-34-39(25-29-58(50)63)38-23-28-54-49(33-38)48(41-24-27-53(61-37-41)45-31-32-60-52-20-10-7-17-44(45)52)36-55(62-54)40-26-30-59-51(35-40)47-19-9-12-22-57(47)64(59)43-15-5-2-6-16-43/h1-37H. The molecule has 5 heteroatoms. The molecule has 0 amide bonds. The molecule has 13 rings (SSSR count). The van der Waals surface area contributed by atoms with Crippen LogP contribution < -0.4 is 0 Å². The largest absolute Gasteiger partial charge is 0.309 e. The number of nitrogens with zero attached hydrogens (tertiary/aromatic N) is 5. The van der Waals surface area contributed by atoms with Crippen LogP contribution in [0.1, 0.15) is 0 Å². The highest BCUT2D eigenvalue weighted by Gasteiger charge is 2.18. The Kier molecular flexibility index (Phi) is 8.15. The molecule has 5 nitrogen and oxygen atoms in total. The second-order valence-corrected chi connectivity index (χ2v) is 16.4. The molecule has 0 atom stereocenters.